The van der Waals surface area contributed by atoms with E-state index < -0.39 is 10.0 Å². The third-order valence-corrected chi connectivity index (χ3v) is 6.42. The number of thiophene rings is 1. The molecule has 1 saturated carbocycles. The Morgan fingerprint density at radius 2 is 2.13 bits per heavy atom. The van der Waals surface area contributed by atoms with E-state index in [0.717, 1.165) is 17.7 Å². The van der Waals surface area contributed by atoms with Crippen molar-refractivity contribution >= 4 is 21.4 Å². The predicted octanol–water partition coefficient (Wildman–Crippen LogP) is 3.66. The summed E-state index contributed by atoms with van der Waals surface area (Å²) in [7, 11) is -3.55. The zero-order chi connectivity index (χ0) is 16.4. The predicted molar refractivity (Wildman–Crippen MR) is 93.1 cm³/mol. The summed E-state index contributed by atoms with van der Waals surface area (Å²) in [5.74, 6) is 0.264. The van der Waals surface area contributed by atoms with Crippen LogP contribution in [0.3, 0.4) is 0 Å². The second kappa shape index (κ2) is 6.75. The maximum Gasteiger partial charge on any atom is 0.244 e. The summed E-state index contributed by atoms with van der Waals surface area (Å²) in [5, 5.41) is 6.58. The number of nitrogens with zero attached hydrogens (tertiary/aromatic N) is 2. The lowest BCUT2D eigenvalue weighted by atomic mass is 10.2. The van der Waals surface area contributed by atoms with Crippen LogP contribution >= 0.6 is 11.3 Å². The van der Waals surface area contributed by atoms with Gasteiger partial charge in [0.05, 0.1) is 10.9 Å². The highest BCUT2D eigenvalue weighted by Gasteiger charge is 2.27. The summed E-state index contributed by atoms with van der Waals surface area (Å²) in [6.07, 6.45) is 6.24. The van der Waals surface area contributed by atoms with E-state index in [9.17, 15) is 8.42 Å². The molecule has 0 saturated heterocycles. The maximum atomic E-state index is 12.7. The van der Waals surface area contributed by atoms with Crippen molar-refractivity contribution < 1.29 is 8.42 Å². The Morgan fingerprint density at radius 1 is 1.39 bits per heavy atom. The molecule has 23 heavy (non-hydrogen) atoms. The first-order valence-corrected chi connectivity index (χ1v) is 10.5. The van der Waals surface area contributed by atoms with E-state index in [1.165, 1.54) is 24.2 Å². The van der Waals surface area contributed by atoms with E-state index >= 15 is 0 Å². The van der Waals surface area contributed by atoms with E-state index in [-0.39, 0.29) is 5.92 Å². The number of aromatic nitrogens is 2. The molecule has 2 aromatic rings. The average molecular weight is 354 g/mol. The lowest BCUT2D eigenvalue weighted by Crippen LogP contribution is -2.27. The second-order valence-corrected chi connectivity index (χ2v) is 9.17. The molecule has 2 aromatic heterocycles. The fraction of sp³-hybridized carbons (Fsp3) is 0.562. The monoisotopic (exact) mass is 353 g/mol. The molecule has 0 radical (unpaired) electrons. The zero-order valence-electron chi connectivity index (χ0n) is 13.5. The number of rotatable bonds is 6. The van der Waals surface area contributed by atoms with E-state index in [1.54, 1.807) is 6.20 Å². The smallest absolute Gasteiger partial charge is 0.244 e. The minimum absolute atomic E-state index is 0.264. The summed E-state index contributed by atoms with van der Waals surface area (Å²) in [4.78, 5) is 1.19. The Balaban J connectivity index is 2.00. The molecule has 0 spiro atoms. The van der Waals surface area contributed by atoms with Crippen LogP contribution in [0.5, 0.6) is 0 Å². The summed E-state index contributed by atoms with van der Waals surface area (Å²) in [6, 6.07) is 4.17. The Bertz CT molecular complexity index is 742. The molecule has 1 aliphatic carbocycles. The normalized spacial score (nSPS) is 16.5. The molecule has 0 aliphatic heterocycles. The lowest BCUT2D eigenvalue weighted by Gasteiger charge is -2.09. The van der Waals surface area contributed by atoms with Gasteiger partial charge in [0.1, 0.15) is 10.6 Å². The molecule has 0 amide bonds. The van der Waals surface area contributed by atoms with Gasteiger partial charge in [0, 0.05) is 12.7 Å². The summed E-state index contributed by atoms with van der Waals surface area (Å²) < 4.78 is 30.0. The summed E-state index contributed by atoms with van der Waals surface area (Å²) in [6.45, 7) is 4.41. The first kappa shape index (κ1) is 16.7. The van der Waals surface area contributed by atoms with Crippen molar-refractivity contribution in [1.29, 1.82) is 0 Å². The van der Waals surface area contributed by atoms with Gasteiger partial charge < -0.3 is 0 Å². The van der Waals surface area contributed by atoms with E-state index in [1.807, 2.05) is 36.0 Å². The minimum Gasteiger partial charge on any atom is -0.268 e. The fourth-order valence-electron chi connectivity index (χ4n) is 2.87. The topological polar surface area (TPSA) is 64.0 Å². The molecule has 5 nitrogen and oxygen atoms in total. The Kier molecular flexibility index (Phi) is 4.89. The zero-order valence-corrected chi connectivity index (χ0v) is 15.2. The third-order valence-electron chi connectivity index (χ3n) is 4.12. The van der Waals surface area contributed by atoms with Crippen molar-refractivity contribution in [1.82, 2.24) is 14.5 Å². The van der Waals surface area contributed by atoms with Gasteiger partial charge in [-0.15, -0.1) is 11.3 Å². The van der Waals surface area contributed by atoms with Gasteiger partial charge in [-0.1, -0.05) is 32.8 Å². The molecular weight excluding hydrogens is 330 g/mol. The SMILES string of the molecule is CC(C)CNS(=O)(=O)c1cn(C2CCCC2)nc1-c1cccs1. The Labute approximate surface area is 141 Å². The Morgan fingerprint density at radius 3 is 2.74 bits per heavy atom. The average Bonchev–Trinajstić information content (AvgIpc) is 3.22. The molecule has 0 aromatic carbocycles. The molecule has 0 unspecified atom stereocenters. The van der Waals surface area contributed by atoms with Crippen LogP contribution in [0.4, 0.5) is 0 Å². The molecule has 7 heteroatoms. The van der Waals surface area contributed by atoms with Crippen LogP contribution in [0, 0.1) is 5.92 Å². The Hall–Kier alpha value is -1.18. The fourth-order valence-corrected chi connectivity index (χ4v) is 5.01. The van der Waals surface area contributed by atoms with Gasteiger partial charge in [0.25, 0.3) is 0 Å². The van der Waals surface area contributed by atoms with Crippen molar-refractivity contribution in [2.24, 2.45) is 5.92 Å². The van der Waals surface area contributed by atoms with Crippen molar-refractivity contribution in [2.75, 3.05) is 6.54 Å². The van der Waals surface area contributed by atoms with Crippen molar-refractivity contribution in [3.63, 3.8) is 0 Å². The molecule has 1 N–H and O–H groups in total. The van der Waals surface area contributed by atoms with Crippen LogP contribution in [0.15, 0.2) is 28.6 Å². The molecular formula is C16H23N3O2S2. The quantitative estimate of drug-likeness (QED) is 0.862. The number of sulfonamides is 1. The molecule has 0 atom stereocenters. The highest BCUT2D eigenvalue weighted by molar-refractivity contribution is 7.89. The van der Waals surface area contributed by atoms with Gasteiger partial charge in [-0.25, -0.2) is 13.1 Å². The second-order valence-electron chi connectivity index (χ2n) is 6.48. The summed E-state index contributed by atoms with van der Waals surface area (Å²) >= 11 is 1.52. The van der Waals surface area contributed by atoms with Gasteiger partial charge >= 0.3 is 0 Å². The molecule has 2 heterocycles. The highest BCUT2D eigenvalue weighted by atomic mass is 32.2. The van der Waals surface area contributed by atoms with Crippen molar-refractivity contribution in [2.45, 2.75) is 50.5 Å². The molecule has 1 aliphatic rings. The molecule has 126 valence electrons. The van der Waals surface area contributed by atoms with Gasteiger partial charge in [-0.3, -0.25) is 4.68 Å². The van der Waals surface area contributed by atoms with Crippen LogP contribution in [0.2, 0.25) is 0 Å². The third kappa shape index (κ3) is 3.67. The van der Waals surface area contributed by atoms with Gasteiger partial charge in [-0.2, -0.15) is 5.10 Å². The lowest BCUT2D eigenvalue weighted by molar-refractivity contribution is 0.467. The maximum absolute atomic E-state index is 12.7. The molecule has 1 fully saturated rings. The van der Waals surface area contributed by atoms with Gasteiger partial charge in [-0.05, 0) is 30.2 Å². The molecule has 0 bridgehead atoms. The largest absolute Gasteiger partial charge is 0.268 e. The van der Waals surface area contributed by atoms with Crippen LogP contribution in [0.1, 0.15) is 45.6 Å². The number of nitrogens with one attached hydrogen (secondary N) is 1. The first-order chi connectivity index (χ1) is 11.0. The highest BCUT2D eigenvalue weighted by Crippen LogP contribution is 2.34. The number of hydrogen-bond donors (Lipinski definition) is 1. The first-order valence-electron chi connectivity index (χ1n) is 8.10. The van der Waals surface area contributed by atoms with Crippen molar-refractivity contribution in [3.8, 4) is 10.6 Å². The van der Waals surface area contributed by atoms with Crippen LogP contribution in [-0.2, 0) is 10.0 Å². The van der Waals surface area contributed by atoms with E-state index in [2.05, 4.69) is 9.82 Å². The number of hydrogen-bond acceptors (Lipinski definition) is 4. The molecule has 3 rings (SSSR count). The van der Waals surface area contributed by atoms with Crippen LogP contribution in [0.25, 0.3) is 10.6 Å². The van der Waals surface area contributed by atoms with E-state index in [4.69, 9.17) is 0 Å². The van der Waals surface area contributed by atoms with Crippen molar-refractivity contribution in [3.05, 3.63) is 23.7 Å². The van der Waals surface area contributed by atoms with Crippen LogP contribution < -0.4 is 4.72 Å². The van der Waals surface area contributed by atoms with Gasteiger partial charge in [0.2, 0.25) is 10.0 Å². The summed E-state index contributed by atoms with van der Waals surface area (Å²) in [5.41, 5.74) is 0.572. The van der Waals surface area contributed by atoms with Crippen LogP contribution in [-0.4, -0.2) is 24.7 Å². The van der Waals surface area contributed by atoms with E-state index in [0.29, 0.717) is 23.2 Å². The standard InChI is InChI=1S/C16H23N3O2S2/c1-12(2)10-17-23(20,21)15-11-19(13-6-3-4-7-13)18-16(15)14-8-5-9-22-14/h5,8-9,11-13,17H,3-4,6-7,10H2,1-2H3. The minimum atomic E-state index is -3.55. The van der Waals surface area contributed by atoms with Gasteiger partial charge in [0.15, 0.2) is 0 Å².